The maximum absolute atomic E-state index is 10.9. The minimum atomic E-state index is -0.709. The molecule has 2 rings (SSSR count). The van der Waals surface area contributed by atoms with Gasteiger partial charge in [0.2, 0.25) is 0 Å². The Morgan fingerprint density at radius 3 is 3.20 bits per heavy atom. The first-order valence-electron chi connectivity index (χ1n) is 5.04. The van der Waals surface area contributed by atoms with Crippen LogP contribution in [-0.4, -0.2) is 33.5 Å². The van der Waals surface area contributed by atoms with E-state index >= 15 is 0 Å². The Kier molecular flexibility index (Phi) is 3.02. The Labute approximate surface area is 92.6 Å². The molecule has 0 saturated carbocycles. The number of nitrogens with zero attached hydrogens (tertiary/aromatic N) is 2. The summed E-state index contributed by atoms with van der Waals surface area (Å²) in [5.74, 6) is -0.709. The van der Waals surface area contributed by atoms with E-state index in [9.17, 15) is 4.79 Å². The maximum Gasteiger partial charge on any atom is 0.320 e. The van der Waals surface area contributed by atoms with E-state index in [4.69, 9.17) is 5.11 Å². The van der Waals surface area contributed by atoms with Crippen LogP contribution in [0, 0.1) is 6.92 Å². The summed E-state index contributed by atoms with van der Waals surface area (Å²) >= 11 is 1.61. The van der Waals surface area contributed by atoms with Crippen LogP contribution >= 0.6 is 11.3 Å². The monoisotopic (exact) mass is 226 g/mol. The number of likely N-dealkylation sites (tertiary alicyclic amines) is 1. The molecule has 0 spiro atoms. The lowest BCUT2D eigenvalue weighted by Crippen LogP contribution is -2.35. The van der Waals surface area contributed by atoms with Crippen molar-refractivity contribution in [3.63, 3.8) is 0 Å². The number of aryl methyl sites for hydroxylation is 1. The van der Waals surface area contributed by atoms with Gasteiger partial charge in [-0.25, -0.2) is 4.98 Å². The number of aliphatic carboxylic acids is 1. The van der Waals surface area contributed by atoms with Gasteiger partial charge < -0.3 is 5.11 Å². The third kappa shape index (κ3) is 2.35. The highest BCUT2D eigenvalue weighted by Crippen LogP contribution is 2.20. The second kappa shape index (κ2) is 4.28. The third-order valence-electron chi connectivity index (χ3n) is 2.68. The van der Waals surface area contributed by atoms with Crippen molar-refractivity contribution in [2.24, 2.45) is 0 Å². The van der Waals surface area contributed by atoms with Gasteiger partial charge in [0, 0.05) is 11.9 Å². The lowest BCUT2D eigenvalue weighted by Gasteiger charge is -2.19. The molecule has 2 heterocycles. The van der Waals surface area contributed by atoms with E-state index in [0.29, 0.717) is 6.54 Å². The fourth-order valence-corrected chi connectivity index (χ4v) is 2.59. The molecule has 1 N–H and O–H groups in total. The summed E-state index contributed by atoms with van der Waals surface area (Å²) in [6, 6.07) is -0.313. The fraction of sp³-hybridized carbons (Fsp3) is 0.600. The van der Waals surface area contributed by atoms with Crippen LogP contribution in [0.2, 0.25) is 0 Å². The molecular weight excluding hydrogens is 212 g/mol. The van der Waals surface area contributed by atoms with Crippen LogP contribution < -0.4 is 0 Å². The normalized spacial score (nSPS) is 22.1. The summed E-state index contributed by atoms with van der Waals surface area (Å²) in [4.78, 5) is 17.3. The largest absolute Gasteiger partial charge is 0.480 e. The lowest BCUT2D eigenvalue weighted by atomic mass is 10.2. The third-order valence-corrected chi connectivity index (χ3v) is 3.50. The van der Waals surface area contributed by atoms with Crippen molar-refractivity contribution < 1.29 is 9.90 Å². The van der Waals surface area contributed by atoms with Gasteiger partial charge >= 0.3 is 5.97 Å². The van der Waals surface area contributed by atoms with Gasteiger partial charge in [-0.15, -0.1) is 11.3 Å². The van der Waals surface area contributed by atoms with Crippen LogP contribution in [-0.2, 0) is 11.3 Å². The van der Waals surface area contributed by atoms with Crippen molar-refractivity contribution in [1.82, 2.24) is 9.88 Å². The van der Waals surface area contributed by atoms with E-state index in [2.05, 4.69) is 4.98 Å². The molecule has 1 atom stereocenters. The zero-order chi connectivity index (χ0) is 10.8. The van der Waals surface area contributed by atoms with Crippen molar-refractivity contribution in [2.45, 2.75) is 32.4 Å². The molecule has 1 unspecified atom stereocenters. The van der Waals surface area contributed by atoms with Gasteiger partial charge in [-0.1, -0.05) is 0 Å². The first-order chi connectivity index (χ1) is 7.16. The van der Waals surface area contributed by atoms with Crippen molar-refractivity contribution in [3.05, 3.63) is 16.1 Å². The van der Waals surface area contributed by atoms with E-state index in [0.717, 1.165) is 30.1 Å². The molecule has 0 bridgehead atoms. The van der Waals surface area contributed by atoms with E-state index in [1.54, 1.807) is 11.3 Å². The number of carboxylic acid groups (broad SMARTS) is 1. The quantitative estimate of drug-likeness (QED) is 0.848. The van der Waals surface area contributed by atoms with Crippen molar-refractivity contribution in [1.29, 1.82) is 0 Å². The molecule has 0 aromatic carbocycles. The standard InChI is InChI=1S/C10H14N2O2S/c1-7-11-8(6-15-7)5-12-4-2-3-9(12)10(13)14/h6,9H,2-5H2,1H3,(H,13,14). The molecule has 0 aliphatic carbocycles. The molecule has 1 aliphatic rings. The molecule has 1 aromatic rings. The molecule has 1 aromatic heterocycles. The molecule has 15 heavy (non-hydrogen) atoms. The summed E-state index contributed by atoms with van der Waals surface area (Å²) in [5.41, 5.74) is 0.991. The van der Waals surface area contributed by atoms with E-state index in [1.807, 2.05) is 17.2 Å². The van der Waals surface area contributed by atoms with E-state index < -0.39 is 5.97 Å². The highest BCUT2D eigenvalue weighted by Gasteiger charge is 2.30. The topological polar surface area (TPSA) is 53.4 Å². The molecule has 5 heteroatoms. The Bertz CT molecular complexity index is 364. The fourth-order valence-electron chi connectivity index (χ4n) is 1.98. The Hall–Kier alpha value is -0.940. The van der Waals surface area contributed by atoms with Gasteiger partial charge in [-0.2, -0.15) is 0 Å². The Morgan fingerprint density at radius 1 is 1.80 bits per heavy atom. The second-order valence-corrected chi connectivity index (χ2v) is 4.89. The molecule has 1 aliphatic heterocycles. The van der Waals surface area contributed by atoms with Crippen LogP contribution in [0.5, 0.6) is 0 Å². The van der Waals surface area contributed by atoms with Gasteiger partial charge in [0.15, 0.2) is 0 Å². The van der Waals surface area contributed by atoms with Crippen LogP contribution in [0.1, 0.15) is 23.5 Å². The number of carbonyl (C=O) groups is 1. The van der Waals surface area contributed by atoms with Crippen LogP contribution in [0.3, 0.4) is 0 Å². The zero-order valence-electron chi connectivity index (χ0n) is 8.64. The number of rotatable bonds is 3. The average Bonchev–Trinajstić information content (AvgIpc) is 2.75. The first kappa shape index (κ1) is 10.6. The molecule has 0 amide bonds. The summed E-state index contributed by atoms with van der Waals surface area (Å²) in [6.45, 7) is 3.50. The first-order valence-corrected chi connectivity index (χ1v) is 5.92. The predicted octanol–water partition coefficient (Wildman–Crippen LogP) is 1.50. The summed E-state index contributed by atoms with van der Waals surface area (Å²) in [7, 11) is 0. The Balaban J connectivity index is 2.02. The summed E-state index contributed by atoms with van der Waals surface area (Å²) in [6.07, 6.45) is 1.73. The van der Waals surface area contributed by atoms with E-state index in [-0.39, 0.29) is 6.04 Å². The van der Waals surface area contributed by atoms with Crippen LogP contribution in [0.4, 0.5) is 0 Å². The number of thiazole rings is 1. The van der Waals surface area contributed by atoms with Gasteiger partial charge in [-0.3, -0.25) is 9.69 Å². The van der Waals surface area contributed by atoms with Gasteiger partial charge in [0.25, 0.3) is 0 Å². The van der Waals surface area contributed by atoms with Crippen LogP contribution in [0.25, 0.3) is 0 Å². The second-order valence-electron chi connectivity index (χ2n) is 3.82. The van der Waals surface area contributed by atoms with Crippen molar-refractivity contribution in [3.8, 4) is 0 Å². The van der Waals surface area contributed by atoms with Crippen molar-refractivity contribution in [2.75, 3.05) is 6.54 Å². The number of hydrogen-bond donors (Lipinski definition) is 1. The smallest absolute Gasteiger partial charge is 0.320 e. The summed E-state index contributed by atoms with van der Waals surface area (Å²) in [5, 5.41) is 12.1. The maximum atomic E-state index is 10.9. The SMILES string of the molecule is Cc1nc(CN2CCCC2C(=O)O)cs1. The minimum absolute atomic E-state index is 0.313. The minimum Gasteiger partial charge on any atom is -0.480 e. The van der Waals surface area contributed by atoms with Crippen molar-refractivity contribution >= 4 is 17.3 Å². The highest BCUT2D eigenvalue weighted by atomic mass is 32.1. The lowest BCUT2D eigenvalue weighted by molar-refractivity contribution is -0.142. The number of carboxylic acids is 1. The van der Waals surface area contributed by atoms with Gasteiger partial charge in [0.1, 0.15) is 6.04 Å². The summed E-state index contributed by atoms with van der Waals surface area (Å²) < 4.78 is 0. The van der Waals surface area contributed by atoms with Gasteiger partial charge in [0.05, 0.1) is 10.7 Å². The van der Waals surface area contributed by atoms with Gasteiger partial charge in [-0.05, 0) is 26.3 Å². The number of aromatic nitrogens is 1. The molecule has 1 fully saturated rings. The molecule has 82 valence electrons. The molecule has 4 nitrogen and oxygen atoms in total. The predicted molar refractivity (Wildman–Crippen MR) is 57.9 cm³/mol. The average molecular weight is 226 g/mol. The Morgan fingerprint density at radius 2 is 2.60 bits per heavy atom. The molecule has 0 radical (unpaired) electrons. The van der Waals surface area contributed by atoms with Crippen LogP contribution in [0.15, 0.2) is 5.38 Å². The number of hydrogen-bond acceptors (Lipinski definition) is 4. The molecule has 1 saturated heterocycles. The highest BCUT2D eigenvalue weighted by molar-refractivity contribution is 7.09. The molecular formula is C10H14N2O2S. The zero-order valence-corrected chi connectivity index (χ0v) is 9.46. The van der Waals surface area contributed by atoms with E-state index in [1.165, 1.54) is 0 Å².